The number of amides is 4. The molecule has 2 saturated heterocycles. The van der Waals surface area contributed by atoms with Gasteiger partial charge in [0.25, 0.3) is 5.91 Å². The molecule has 3 rings (SSSR count). The predicted molar refractivity (Wildman–Crippen MR) is 126 cm³/mol. The van der Waals surface area contributed by atoms with E-state index in [0.717, 1.165) is 0 Å². The van der Waals surface area contributed by atoms with E-state index in [4.69, 9.17) is 15.2 Å². The number of aliphatic hydroxyl groups is 3. The minimum absolute atomic E-state index is 0.0571. The summed E-state index contributed by atoms with van der Waals surface area (Å²) in [4.78, 5) is 51.1. The number of carbonyl (C=O) groups excluding carboxylic acids is 4. The van der Waals surface area contributed by atoms with Crippen molar-refractivity contribution in [3.05, 3.63) is 0 Å². The second-order valence-electron chi connectivity index (χ2n) is 9.48. The van der Waals surface area contributed by atoms with Crippen LogP contribution in [-0.4, -0.2) is 120 Å². The van der Waals surface area contributed by atoms with E-state index in [0.29, 0.717) is 19.4 Å². The molecule has 0 aromatic heterocycles. The molecule has 4 amide bonds. The number of nitrogens with two attached hydrogens (primary N) is 1. The maximum absolute atomic E-state index is 13.0. The van der Waals surface area contributed by atoms with Gasteiger partial charge in [0.15, 0.2) is 18.4 Å². The number of β-amino-alcohol motifs (C(OH)–C–C–N with tert-alkyl or cyclic N) is 1. The molecule has 0 bridgehead atoms. The zero-order valence-corrected chi connectivity index (χ0v) is 21.0. The van der Waals surface area contributed by atoms with Crippen molar-refractivity contribution < 1.29 is 54.7 Å². The van der Waals surface area contributed by atoms with Crippen LogP contribution in [0, 0.1) is 0 Å². The molecule has 0 unspecified atom stereocenters. The van der Waals surface area contributed by atoms with E-state index in [-0.39, 0.29) is 30.7 Å². The van der Waals surface area contributed by atoms with Gasteiger partial charge in [-0.05, 0) is 12.8 Å². The lowest BCUT2D eigenvalue weighted by atomic mass is 9.95. The van der Waals surface area contributed by atoms with Crippen molar-refractivity contribution in [2.75, 3.05) is 19.7 Å². The molecule has 3 aliphatic rings. The number of ether oxygens (including phenoxy) is 2. The number of fused-ring (bicyclic) bond motifs is 1. The molecule has 2 fully saturated rings. The van der Waals surface area contributed by atoms with Crippen molar-refractivity contribution in [1.82, 2.24) is 26.6 Å². The summed E-state index contributed by atoms with van der Waals surface area (Å²) in [5.41, 5.74) is 8.89. The van der Waals surface area contributed by atoms with E-state index < -0.39 is 73.4 Å². The van der Waals surface area contributed by atoms with Gasteiger partial charge in [0.1, 0.15) is 30.4 Å². The Kier molecular flexibility index (Phi) is 10.0. The van der Waals surface area contributed by atoms with E-state index >= 15 is 0 Å². The van der Waals surface area contributed by atoms with Gasteiger partial charge < -0.3 is 52.2 Å². The lowest BCUT2D eigenvalue weighted by molar-refractivity contribution is -0.485. The van der Waals surface area contributed by atoms with Gasteiger partial charge in [0.05, 0.1) is 13.2 Å². The third kappa shape index (κ3) is 7.19. The van der Waals surface area contributed by atoms with E-state index in [1.807, 2.05) is 0 Å². The molecule has 3 heterocycles. The second kappa shape index (κ2) is 13.0. The summed E-state index contributed by atoms with van der Waals surface area (Å²) in [5, 5.41) is 44.9. The molecule has 14 N–H and O–H groups in total. The average molecular weight is 547 g/mol. The van der Waals surface area contributed by atoms with Crippen molar-refractivity contribution in [3.63, 3.8) is 0 Å². The zero-order valence-electron chi connectivity index (χ0n) is 21.0. The standard InChI is InChI=1S/C21H36N8O9/c1-8(31)25-9(3-2-4-22)5-12(33)26-15-16(34)17(38-20(23)36)11(7-30)37-19(15)29-21-27-13-10(32)6-24-18(35)14(13)28-21/h9-11,13-17,19,30,32,34H,2-7,22H2,1H3,(H2,23,36)(H,24,35)(H,25,31)(H,26,33)(H2,27,28,29)/p+2/t9-,10+,11+,13+,14-,15+,16-,17-,19+/m0/s1. The number of carbonyl (C=O) groups is 4. The SMILES string of the molecule is CC(=O)N[C@@H](CCC[NH3+])CC(=O)N[C@@H]1[C@H](O)[C@@H](OC(N)=O)[C@@H](CO)O[C@H]1NC1=[NH+][C@@H]2C(=O)NC[C@@H](O)[C@H]2N1. The van der Waals surface area contributed by atoms with Crippen LogP contribution in [-0.2, 0) is 23.9 Å². The van der Waals surface area contributed by atoms with Gasteiger partial charge in [0, 0.05) is 25.9 Å². The minimum atomic E-state index is -1.58. The number of rotatable bonds is 10. The van der Waals surface area contributed by atoms with Gasteiger partial charge in [0.2, 0.25) is 11.8 Å². The van der Waals surface area contributed by atoms with Crippen molar-refractivity contribution in [2.24, 2.45) is 5.73 Å². The Morgan fingerprint density at radius 3 is 2.68 bits per heavy atom. The van der Waals surface area contributed by atoms with Crippen LogP contribution in [0.3, 0.4) is 0 Å². The monoisotopic (exact) mass is 546 g/mol. The molecule has 214 valence electrons. The van der Waals surface area contributed by atoms with Crippen LogP contribution in [0.25, 0.3) is 0 Å². The fraction of sp³-hybridized carbons (Fsp3) is 0.762. The maximum atomic E-state index is 13.0. The van der Waals surface area contributed by atoms with Crippen LogP contribution < -0.4 is 43.0 Å². The first-order valence-electron chi connectivity index (χ1n) is 12.4. The first-order valence-corrected chi connectivity index (χ1v) is 12.4. The topological polar surface area (TPSA) is 275 Å². The van der Waals surface area contributed by atoms with Crippen molar-refractivity contribution in [1.29, 1.82) is 0 Å². The Hall–Kier alpha value is -3.25. The smallest absolute Gasteiger partial charge is 0.404 e. The van der Waals surface area contributed by atoms with Gasteiger partial charge >= 0.3 is 12.1 Å². The highest BCUT2D eigenvalue weighted by molar-refractivity contribution is 5.87. The third-order valence-corrected chi connectivity index (χ3v) is 6.56. The fourth-order valence-corrected chi connectivity index (χ4v) is 4.79. The Morgan fingerprint density at radius 1 is 1.34 bits per heavy atom. The highest BCUT2D eigenvalue weighted by Gasteiger charge is 2.52. The van der Waals surface area contributed by atoms with E-state index in [2.05, 4.69) is 37.3 Å². The van der Waals surface area contributed by atoms with Crippen LogP contribution in [0.4, 0.5) is 4.79 Å². The van der Waals surface area contributed by atoms with Crippen LogP contribution in [0.15, 0.2) is 0 Å². The fourth-order valence-electron chi connectivity index (χ4n) is 4.79. The predicted octanol–water partition coefficient (Wildman–Crippen LogP) is -8.21. The summed E-state index contributed by atoms with van der Waals surface area (Å²) in [6, 6.07) is -3.17. The number of nitrogens with one attached hydrogen (secondary N) is 6. The molecule has 0 radical (unpaired) electrons. The lowest BCUT2D eigenvalue weighted by Crippen LogP contribution is -2.86. The first kappa shape index (κ1) is 29.3. The molecular weight excluding hydrogens is 508 g/mol. The molecular formula is C21H38N8O9+2. The summed E-state index contributed by atoms with van der Waals surface area (Å²) >= 11 is 0. The molecule has 38 heavy (non-hydrogen) atoms. The number of piperidine rings is 1. The highest BCUT2D eigenvalue weighted by Crippen LogP contribution is 2.23. The third-order valence-electron chi connectivity index (χ3n) is 6.56. The van der Waals surface area contributed by atoms with Gasteiger partial charge in [-0.3, -0.25) is 24.7 Å². The molecule has 0 spiro atoms. The number of guanidine groups is 1. The average Bonchev–Trinajstić information content (AvgIpc) is 3.28. The quantitative estimate of drug-likeness (QED) is 0.122. The van der Waals surface area contributed by atoms with E-state index in [1.165, 1.54) is 6.92 Å². The Bertz CT molecular complexity index is 921. The number of hydrogen-bond donors (Lipinski definition) is 11. The number of aliphatic hydroxyl groups excluding tert-OH is 3. The zero-order chi connectivity index (χ0) is 28.0. The molecule has 0 aromatic rings. The summed E-state index contributed by atoms with van der Waals surface area (Å²) in [6.45, 7) is 1.34. The maximum Gasteiger partial charge on any atom is 0.404 e. The number of primary amides is 1. The Labute approximate surface area is 218 Å². The van der Waals surface area contributed by atoms with Gasteiger partial charge in [-0.2, -0.15) is 0 Å². The van der Waals surface area contributed by atoms with Gasteiger partial charge in [-0.1, -0.05) is 0 Å². The molecule has 17 nitrogen and oxygen atoms in total. The molecule has 3 aliphatic heterocycles. The van der Waals surface area contributed by atoms with E-state index in [1.54, 1.807) is 0 Å². The Morgan fingerprint density at radius 2 is 2.08 bits per heavy atom. The van der Waals surface area contributed by atoms with Gasteiger partial charge in [-0.25, -0.2) is 10.1 Å². The first-order chi connectivity index (χ1) is 18.0. The molecule has 17 heteroatoms. The van der Waals surface area contributed by atoms with Crippen LogP contribution in [0.1, 0.15) is 26.2 Å². The normalized spacial score (nSPS) is 33.1. The van der Waals surface area contributed by atoms with Crippen LogP contribution in [0.5, 0.6) is 0 Å². The molecule has 0 saturated carbocycles. The van der Waals surface area contributed by atoms with Crippen molar-refractivity contribution in [2.45, 2.75) is 81.0 Å². The second-order valence-corrected chi connectivity index (χ2v) is 9.48. The molecule has 0 aromatic carbocycles. The van der Waals surface area contributed by atoms with Crippen LogP contribution >= 0.6 is 0 Å². The van der Waals surface area contributed by atoms with Gasteiger partial charge in [-0.15, -0.1) is 0 Å². The minimum Gasteiger partial charge on any atom is -0.441 e. The number of quaternary nitrogens is 1. The molecule has 0 aliphatic carbocycles. The van der Waals surface area contributed by atoms with Crippen LogP contribution in [0.2, 0.25) is 0 Å². The summed E-state index contributed by atoms with van der Waals surface area (Å²) < 4.78 is 10.8. The lowest BCUT2D eigenvalue weighted by Gasteiger charge is -2.42. The summed E-state index contributed by atoms with van der Waals surface area (Å²) in [7, 11) is 0. The van der Waals surface area contributed by atoms with Crippen molar-refractivity contribution in [3.8, 4) is 0 Å². The largest absolute Gasteiger partial charge is 0.441 e. The summed E-state index contributed by atoms with van der Waals surface area (Å²) in [6.07, 6.45) is -6.47. The van der Waals surface area contributed by atoms with Crippen molar-refractivity contribution >= 4 is 29.8 Å². The Balaban J connectivity index is 1.79. The summed E-state index contributed by atoms with van der Waals surface area (Å²) in [5.74, 6) is -1.03. The number of hydrogen-bond acceptors (Lipinski definition) is 11. The van der Waals surface area contributed by atoms with E-state index in [9.17, 15) is 34.5 Å². The highest BCUT2D eigenvalue weighted by atomic mass is 16.6. The molecule has 9 atom stereocenters.